The minimum absolute atomic E-state index is 0.333. The molecule has 0 aliphatic heterocycles. The maximum Gasteiger partial charge on any atom is 0.325 e. The van der Waals surface area contributed by atoms with Crippen molar-refractivity contribution in [2.75, 3.05) is 13.2 Å². The van der Waals surface area contributed by atoms with Crippen molar-refractivity contribution < 1.29 is 14.3 Å². The van der Waals surface area contributed by atoms with Crippen molar-refractivity contribution in [1.82, 2.24) is 0 Å². The van der Waals surface area contributed by atoms with E-state index in [1.807, 2.05) is 19.9 Å². The Morgan fingerprint density at radius 1 is 1.29 bits per heavy atom. The number of benzene rings is 1. The minimum atomic E-state index is -0.907. The molecule has 0 heterocycles. The van der Waals surface area contributed by atoms with Crippen LogP contribution in [0.3, 0.4) is 0 Å². The second kappa shape index (κ2) is 8.03. The summed E-state index contributed by atoms with van der Waals surface area (Å²) in [6.45, 7) is 8.57. The zero-order valence-corrected chi connectivity index (χ0v) is 13.6. The number of rotatable bonds is 8. The van der Waals surface area contributed by atoms with Crippen molar-refractivity contribution in [2.45, 2.75) is 52.5 Å². The molecule has 0 bridgehead atoms. The summed E-state index contributed by atoms with van der Waals surface area (Å²) >= 11 is 0. The Morgan fingerprint density at radius 3 is 2.67 bits per heavy atom. The zero-order chi connectivity index (χ0) is 15.9. The first-order valence-corrected chi connectivity index (χ1v) is 7.53. The number of carbonyl (C=O) groups is 1. The van der Waals surface area contributed by atoms with Gasteiger partial charge in [0.15, 0.2) is 0 Å². The number of aryl methyl sites for hydroxylation is 2. The molecule has 0 saturated heterocycles. The van der Waals surface area contributed by atoms with Gasteiger partial charge in [-0.05, 0) is 64.2 Å². The van der Waals surface area contributed by atoms with Crippen molar-refractivity contribution in [3.63, 3.8) is 0 Å². The van der Waals surface area contributed by atoms with Gasteiger partial charge in [-0.15, -0.1) is 0 Å². The first kappa shape index (κ1) is 17.5. The molecule has 21 heavy (non-hydrogen) atoms. The van der Waals surface area contributed by atoms with Crippen LogP contribution in [0.1, 0.15) is 44.2 Å². The maximum absolute atomic E-state index is 11.7. The highest BCUT2D eigenvalue weighted by molar-refractivity contribution is 5.79. The van der Waals surface area contributed by atoms with E-state index >= 15 is 0 Å². The Morgan fingerprint density at radius 2 is 2.00 bits per heavy atom. The van der Waals surface area contributed by atoms with Gasteiger partial charge in [0, 0.05) is 0 Å². The van der Waals surface area contributed by atoms with Crippen molar-refractivity contribution in [2.24, 2.45) is 5.73 Å². The summed E-state index contributed by atoms with van der Waals surface area (Å²) < 4.78 is 10.8. The van der Waals surface area contributed by atoms with Crippen LogP contribution < -0.4 is 10.5 Å². The molecule has 1 atom stereocenters. The molecule has 4 nitrogen and oxygen atoms in total. The number of hydrogen-bond donors (Lipinski definition) is 1. The lowest BCUT2D eigenvalue weighted by Crippen LogP contribution is -2.46. The lowest BCUT2D eigenvalue weighted by molar-refractivity contribution is -0.149. The highest BCUT2D eigenvalue weighted by Crippen LogP contribution is 2.20. The fourth-order valence-corrected chi connectivity index (χ4v) is 2.04. The van der Waals surface area contributed by atoms with Gasteiger partial charge in [-0.1, -0.05) is 12.1 Å². The fraction of sp³-hybridized carbons (Fsp3) is 0.588. The predicted molar refractivity (Wildman–Crippen MR) is 84.5 cm³/mol. The summed E-state index contributed by atoms with van der Waals surface area (Å²) in [5, 5.41) is 0. The standard InChI is InChI=1S/C17H27NO3/c1-5-20-16(19)17(4,18)10-6-7-11-21-15-12-13(2)8-9-14(15)3/h8-9,12H,5-7,10-11,18H2,1-4H3. The molecule has 4 heteroatoms. The Hall–Kier alpha value is -1.55. The molecule has 0 radical (unpaired) electrons. The van der Waals surface area contributed by atoms with Crippen molar-refractivity contribution in [3.8, 4) is 5.75 Å². The summed E-state index contributed by atoms with van der Waals surface area (Å²) in [4.78, 5) is 11.7. The van der Waals surface area contributed by atoms with Crippen molar-refractivity contribution >= 4 is 5.97 Å². The highest BCUT2D eigenvalue weighted by Gasteiger charge is 2.28. The van der Waals surface area contributed by atoms with E-state index < -0.39 is 5.54 Å². The molecular formula is C17H27NO3. The highest BCUT2D eigenvalue weighted by atomic mass is 16.5. The number of nitrogens with two attached hydrogens (primary N) is 1. The van der Waals surface area contributed by atoms with Crippen molar-refractivity contribution in [1.29, 1.82) is 0 Å². The van der Waals surface area contributed by atoms with Gasteiger partial charge in [0.2, 0.25) is 0 Å². The largest absolute Gasteiger partial charge is 0.493 e. The van der Waals surface area contributed by atoms with Crippen LogP contribution in [0, 0.1) is 13.8 Å². The van der Waals surface area contributed by atoms with Crippen LogP contribution in [0.25, 0.3) is 0 Å². The number of unbranched alkanes of at least 4 members (excludes halogenated alkanes) is 1. The minimum Gasteiger partial charge on any atom is -0.493 e. The Kier molecular flexibility index (Phi) is 6.69. The van der Waals surface area contributed by atoms with Gasteiger partial charge in [0.05, 0.1) is 13.2 Å². The Labute approximate surface area is 127 Å². The summed E-state index contributed by atoms with van der Waals surface area (Å²) in [7, 11) is 0. The van der Waals surface area contributed by atoms with Crippen molar-refractivity contribution in [3.05, 3.63) is 29.3 Å². The van der Waals surface area contributed by atoms with E-state index in [1.54, 1.807) is 13.8 Å². The summed E-state index contributed by atoms with van der Waals surface area (Å²) in [5.74, 6) is 0.594. The molecule has 1 aromatic rings. The van der Waals surface area contributed by atoms with Crippen LogP contribution in [-0.2, 0) is 9.53 Å². The van der Waals surface area contributed by atoms with Gasteiger partial charge in [0.1, 0.15) is 11.3 Å². The summed E-state index contributed by atoms with van der Waals surface area (Å²) in [6, 6.07) is 6.17. The predicted octanol–water partition coefficient (Wildman–Crippen LogP) is 3.13. The molecule has 0 spiro atoms. The van der Waals surface area contributed by atoms with Gasteiger partial charge in [-0.2, -0.15) is 0 Å². The third-order valence-electron chi connectivity index (χ3n) is 3.43. The quantitative estimate of drug-likeness (QED) is 0.591. The van der Waals surface area contributed by atoms with Gasteiger partial charge in [-0.25, -0.2) is 0 Å². The second-order valence-electron chi connectivity index (χ2n) is 5.71. The van der Waals surface area contributed by atoms with Crippen LogP contribution in [0.5, 0.6) is 5.75 Å². The van der Waals surface area contributed by atoms with E-state index in [-0.39, 0.29) is 5.97 Å². The average Bonchev–Trinajstić information content (AvgIpc) is 2.42. The molecular weight excluding hydrogens is 266 g/mol. The van der Waals surface area contributed by atoms with Crippen LogP contribution in [0.15, 0.2) is 18.2 Å². The van der Waals surface area contributed by atoms with Gasteiger partial charge >= 0.3 is 5.97 Å². The molecule has 1 unspecified atom stereocenters. The van der Waals surface area contributed by atoms with Crippen LogP contribution in [0.4, 0.5) is 0 Å². The SMILES string of the molecule is CCOC(=O)C(C)(N)CCCCOc1cc(C)ccc1C. The van der Waals surface area contributed by atoms with E-state index in [2.05, 4.69) is 12.1 Å². The lowest BCUT2D eigenvalue weighted by Gasteiger charge is -2.22. The summed E-state index contributed by atoms with van der Waals surface area (Å²) in [6.07, 6.45) is 2.29. The molecule has 0 aromatic heterocycles. The number of ether oxygens (including phenoxy) is 2. The topological polar surface area (TPSA) is 61.5 Å². The van der Waals surface area contributed by atoms with E-state index in [0.29, 0.717) is 19.6 Å². The van der Waals surface area contributed by atoms with Gasteiger partial charge in [-0.3, -0.25) is 4.79 Å². The Balaban J connectivity index is 2.31. The molecule has 0 fully saturated rings. The third-order valence-corrected chi connectivity index (χ3v) is 3.43. The number of hydrogen-bond acceptors (Lipinski definition) is 4. The first-order valence-electron chi connectivity index (χ1n) is 7.53. The molecule has 1 rings (SSSR count). The first-order chi connectivity index (χ1) is 9.86. The molecule has 118 valence electrons. The van der Waals surface area contributed by atoms with E-state index in [9.17, 15) is 4.79 Å². The second-order valence-corrected chi connectivity index (χ2v) is 5.71. The molecule has 0 aliphatic rings. The number of esters is 1. The van der Waals surface area contributed by atoms with Crippen LogP contribution >= 0.6 is 0 Å². The third kappa shape index (κ3) is 5.76. The Bertz CT molecular complexity index is 469. The molecule has 0 saturated carbocycles. The average molecular weight is 293 g/mol. The monoisotopic (exact) mass is 293 g/mol. The van der Waals surface area contributed by atoms with Crippen LogP contribution in [-0.4, -0.2) is 24.7 Å². The smallest absolute Gasteiger partial charge is 0.325 e. The normalized spacial score (nSPS) is 13.6. The fourth-order valence-electron chi connectivity index (χ4n) is 2.04. The number of carbonyl (C=O) groups excluding carboxylic acids is 1. The maximum atomic E-state index is 11.7. The van der Waals surface area contributed by atoms with Gasteiger partial charge < -0.3 is 15.2 Å². The van der Waals surface area contributed by atoms with E-state index in [0.717, 1.165) is 24.2 Å². The molecule has 1 aromatic carbocycles. The summed E-state index contributed by atoms with van der Waals surface area (Å²) in [5.41, 5.74) is 7.38. The molecule has 0 amide bonds. The van der Waals surface area contributed by atoms with E-state index in [1.165, 1.54) is 5.56 Å². The van der Waals surface area contributed by atoms with Crippen LogP contribution in [0.2, 0.25) is 0 Å². The zero-order valence-electron chi connectivity index (χ0n) is 13.6. The molecule has 2 N–H and O–H groups in total. The lowest BCUT2D eigenvalue weighted by atomic mass is 9.96. The van der Waals surface area contributed by atoms with Gasteiger partial charge in [0.25, 0.3) is 0 Å². The molecule has 0 aliphatic carbocycles. The van der Waals surface area contributed by atoms with E-state index in [4.69, 9.17) is 15.2 Å².